The minimum atomic E-state index is -0.515. The lowest BCUT2D eigenvalue weighted by atomic mass is 10.1. The first-order valence-electron chi connectivity index (χ1n) is 6.92. The lowest BCUT2D eigenvalue weighted by molar-refractivity contribution is 0.0941. The van der Waals surface area contributed by atoms with Crippen molar-refractivity contribution in [1.29, 1.82) is 0 Å². The van der Waals surface area contributed by atoms with Gasteiger partial charge in [0.1, 0.15) is 5.82 Å². The minimum Gasteiger partial charge on any atom is -0.345 e. The predicted octanol–water partition coefficient (Wildman–Crippen LogP) is 4.51. The van der Waals surface area contributed by atoms with E-state index in [1.54, 1.807) is 6.07 Å². The molecule has 0 spiro atoms. The SMILES string of the molecule is CC(NC(=O)c1cc(F)cc2[nH]c(=S)[nH]c12)c1ccccc1Cl. The van der Waals surface area contributed by atoms with Crippen molar-refractivity contribution in [2.24, 2.45) is 0 Å². The van der Waals surface area contributed by atoms with Crippen molar-refractivity contribution < 1.29 is 9.18 Å². The van der Waals surface area contributed by atoms with E-state index in [-0.39, 0.29) is 11.6 Å². The molecule has 1 unspecified atom stereocenters. The summed E-state index contributed by atoms with van der Waals surface area (Å²) in [6, 6.07) is 9.38. The van der Waals surface area contributed by atoms with E-state index in [4.69, 9.17) is 23.8 Å². The second-order valence-electron chi connectivity index (χ2n) is 5.17. The van der Waals surface area contributed by atoms with Gasteiger partial charge in [0.2, 0.25) is 0 Å². The Hall–Kier alpha value is -2.18. The van der Waals surface area contributed by atoms with Crippen molar-refractivity contribution in [3.05, 3.63) is 63.1 Å². The Morgan fingerprint density at radius 1 is 1.30 bits per heavy atom. The van der Waals surface area contributed by atoms with Gasteiger partial charge in [-0.3, -0.25) is 4.79 Å². The molecule has 3 rings (SSSR count). The van der Waals surface area contributed by atoms with Crippen LogP contribution in [0.2, 0.25) is 5.02 Å². The number of imidazole rings is 1. The summed E-state index contributed by atoms with van der Waals surface area (Å²) < 4.78 is 14.1. The molecule has 1 atom stereocenters. The van der Waals surface area contributed by atoms with E-state index >= 15 is 0 Å². The minimum absolute atomic E-state index is 0.186. The van der Waals surface area contributed by atoms with Crippen LogP contribution in [-0.4, -0.2) is 15.9 Å². The van der Waals surface area contributed by atoms with Gasteiger partial charge in [-0.05, 0) is 42.9 Å². The number of carbonyl (C=O) groups is 1. The van der Waals surface area contributed by atoms with Crippen molar-refractivity contribution in [2.45, 2.75) is 13.0 Å². The molecule has 1 aromatic heterocycles. The largest absolute Gasteiger partial charge is 0.345 e. The first kappa shape index (κ1) is 15.7. The second-order valence-corrected chi connectivity index (χ2v) is 5.99. The molecule has 4 nitrogen and oxygen atoms in total. The normalized spacial score (nSPS) is 12.3. The van der Waals surface area contributed by atoms with Crippen molar-refractivity contribution in [3.63, 3.8) is 0 Å². The number of rotatable bonds is 3. The molecule has 23 heavy (non-hydrogen) atoms. The molecule has 7 heteroatoms. The van der Waals surface area contributed by atoms with Crippen LogP contribution < -0.4 is 5.32 Å². The zero-order valence-electron chi connectivity index (χ0n) is 12.1. The molecule has 0 aliphatic carbocycles. The van der Waals surface area contributed by atoms with E-state index in [1.807, 2.05) is 25.1 Å². The summed E-state index contributed by atoms with van der Waals surface area (Å²) in [7, 11) is 0. The van der Waals surface area contributed by atoms with E-state index in [0.29, 0.717) is 20.8 Å². The maximum atomic E-state index is 13.7. The molecule has 0 saturated carbocycles. The van der Waals surface area contributed by atoms with Crippen molar-refractivity contribution >= 4 is 40.8 Å². The van der Waals surface area contributed by atoms with Gasteiger partial charge < -0.3 is 15.3 Å². The predicted molar refractivity (Wildman–Crippen MR) is 90.8 cm³/mol. The summed E-state index contributed by atoms with van der Waals surface area (Å²) in [5, 5.41) is 3.38. The lowest BCUT2D eigenvalue weighted by Crippen LogP contribution is -2.27. The van der Waals surface area contributed by atoms with Gasteiger partial charge in [-0.2, -0.15) is 0 Å². The number of carbonyl (C=O) groups excluding carboxylic acids is 1. The standard InChI is InChI=1S/C16H13ClFN3OS/c1-8(10-4-2-3-5-12(10)17)19-15(22)11-6-9(18)7-13-14(11)21-16(23)20-13/h2-8H,1H3,(H,19,22)(H2,20,21,23). The molecule has 0 aliphatic rings. The highest BCUT2D eigenvalue weighted by molar-refractivity contribution is 7.71. The molecule has 3 aromatic rings. The van der Waals surface area contributed by atoms with Crippen molar-refractivity contribution in [1.82, 2.24) is 15.3 Å². The topological polar surface area (TPSA) is 60.7 Å². The molecular weight excluding hydrogens is 337 g/mol. The van der Waals surface area contributed by atoms with Gasteiger partial charge in [0.05, 0.1) is 22.6 Å². The van der Waals surface area contributed by atoms with Gasteiger partial charge >= 0.3 is 0 Å². The van der Waals surface area contributed by atoms with Crippen LogP contribution in [0.4, 0.5) is 4.39 Å². The van der Waals surface area contributed by atoms with E-state index in [0.717, 1.165) is 5.56 Å². The van der Waals surface area contributed by atoms with Crippen LogP contribution >= 0.6 is 23.8 Å². The number of benzene rings is 2. The number of nitrogens with one attached hydrogen (secondary N) is 3. The number of hydrogen-bond acceptors (Lipinski definition) is 2. The maximum Gasteiger partial charge on any atom is 0.254 e. The number of aromatic amines is 2. The van der Waals surface area contributed by atoms with Crippen LogP contribution in [0.5, 0.6) is 0 Å². The molecule has 118 valence electrons. The average Bonchev–Trinajstić information content (AvgIpc) is 2.86. The number of fused-ring (bicyclic) bond motifs is 1. The fourth-order valence-electron chi connectivity index (χ4n) is 2.46. The lowest BCUT2D eigenvalue weighted by Gasteiger charge is -2.16. The van der Waals surface area contributed by atoms with Crippen LogP contribution in [0, 0.1) is 10.6 Å². The monoisotopic (exact) mass is 349 g/mol. The summed E-state index contributed by atoms with van der Waals surface area (Å²) in [4.78, 5) is 18.2. The summed E-state index contributed by atoms with van der Waals surface area (Å²) >= 11 is 11.1. The van der Waals surface area contributed by atoms with Gasteiger partial charge in [0.15, 0.2) is 4.77 Å². The van der Waals surface area contributed by atoms with E-state index in [1.165, 1.54) is 12.1 Å². The highest BCUT2D eigenvalue weighted by Crippen LogP contribution is 2.23. The molecule has 0 saturated heterocycles. The summed E-state index contributed by atoms with van der Waals surface area (Å²) in [6.07, 6.45) is 0. The van der Waals surface area contributed by atoms with Gasteiger partial charge in [0, 0.05) is 5.02 Å². The first-order valence-corrected chi connectivity index (χ1v) is 7.71. The Bertz CT molecular complexity index is 950. The maximum absolute atomic E-state index is 13.7. The molecule has 0 radical (unpaired) electrons. The Morgan fingerprint density at radius 2 is 2.04 bits per heavy atom. The zero-order chi connectivity index (χ0) is 16.6. The number of H-pyrrole nitrogens is 2. The van der Waals surface area contributed by atoms with Gasteiger partial charge in [-0.1, -0.05) is 29.8 Å². The molecule has 1 amide bonds. The number of halogens is 2. The Labute approximate surface area is 141 Å². The van der Waals surface area contributed by atoms with E-state index in [9.17, 15) is 9.18 Å². The number of hydrogen-bond donors (Lipinski definition) is 3. The molecule has 3 N–H and O–H groups in total. The molecule has 1 heterocycles. The van der Waals surface area contributed by atoms with E-state index < -0.39 is 11.7 Å². The van der Waals surface area contributed by atoms with Crippen LogP contribution in [0.25, 0.3) is 11.0 Å². The van der Waals surface area contributed by atoms with Crippen LogP contribution in [0.15, 0.2) is 36.4 Å². The third-order valence-corrected chi connectivity index (χ3v) is 4.10. The third kappa shape index (κ3) is 3.13. The van der Waals surface area contributed by atoms with Crippen LogP contribution in [-0.2, 0) is 0 Å². The second kappa shape index (κ2) is 6.14. The van der Waals surface area contributed by atoms with Gasteiger partial charge in [-0.25, -0.2) is 4.39 Å². The first-order chi connectivity index (χ1) is 11.0. The van der Waals surface area contributed by atoms with Gasteiger partial charge in [0.25, 0.3) is 5.91 Å². The third-order valence-electron chi connectivity index (χ3n) is 3.55. The molecule has 2 aromatic carbocycles. The Kier molecular flexibility index (Phi) is 4.19. The quantitative estimate of drug-likeness (QED) is 0.609. The Balaban J connectivity index is 1.95. The van der Waals surface area contributed by atoms with Gasteiger partial charge in [-0.15, -0.1) is 0 Å². The van der Waals surface area contributed by atoms with Crippen LogP contribution in [0.1, 0.15) is 28.9 Å². The summed E-state index contributed by atoms with van der Waals surface area (Å²) in [6.45, 7) is 1.81. The highest BCUT2D eigenvalue weighted by atomic mass is 35.5. The molecule has 0 aliphatic heterocycles. The average molecular weight is 350 g/mol. The molecule has 0 bridgehead atoms. The van der Waals surface area contributed by atoms with Crippen LogP contribution in [0.3, 0.4) is 0 Å². The molecule has 0 fully saturated rings. The molecular formula is C16H13ClFN3OS. The highest BCUT2D eigenvalue weighted by Gasteiger charge is 2.17. The fourth-order valence-corrected chi connectivity index (χ4v) is 2.98. The summed E-state index contributed by atoms with van der Waals surface area (Å²) in [5.74, 6) is -0.925. The van der Waals surface area contributed by atoms with Crippen molar-refractivity contribution in [2.75, 3.05) is 0 Å². The summed E-state index contributed by atoms with van der Waals surface area (Å²) in [5.41, 5.74) is 1.90. The van der Waals surface area contributed by atoms with Crippen molar-refractivity contribution in [3.8, 4) is 0 Å². The Morgan fingerprint density at radius 3 is 2.78 bits per heavy atom. The smallest absolute Gasteiger partial charge is 0.254 e. The fraction of sp³-hybridized carbons (Fsp3) is 0.125. The van der Waals surface area contributed by atoms with E-state index in [2.05, 4.69) is 15.3 Å². The zero-order valence-corrected chi connectivity index (χ0v) is 13.7. The number of amides is 1. The number of aromatic nitrogens is 2.